The van der Waals surface area contributed by atoms with E-state index in [1.165, 1.54) is 5.57 Å². The minimum Gasteiger partial charge on any atom is -0.324 e. The molecule has 78 valence electrons. The molecule has 1 heterocycles. The molecule has 0 aliphatic heterocycles. The van der Waals surface area contributed by atoms with Crippen LogP contribution < -0.4 is 5.73 Å². The van der Waals surface area contributed by atoms with Crippen molar-refractivity contribution in [3.63, 3.8) is 0 Å². The van der Waals surface area contributed by atoms with Crippen LogP contribution in [0.25, 0.3) is 0 Å². The zero-order valence-corrected chi connectivity index (χ0v) is 12.0. The molecular formula is C10H13Br2NS. The van der Waals surface area contributed by atoms with Gasteiger partial charge in [-0.15, -0.1) is 11.3 Å². The molecule has 0 aromatic carbocycles. The first-order valence-electron chi connectivity index (χ1n) is 4.41. The second kappa shape index (κ2) is 5.45. The minimum atomic E-state index is 0.0550. The summed E-state index contributed by atoms with van der Waals surface area (Å²) in [4.78, 5) is 0. The summed E-state index contributed by atoms with van der Waals surface area (Å²) in [5, 5.41) is 0. The van der Waals surface area contributed by atoms with Gasteiger partial charge in [0.2, 0.25) is 0 Å². The lowest BCUT2D eigenvalue weighted by Crippen LogP contribution is -2.10. The normalized spacial score (nSPS) is 12.9. The van der Waals surface area contributed by atoms with Crippen molar-refractivity contribution < 1.29 is 0 Å². The molecule has 0 aliphatic carbocycles. The van der Waals surface area contributed by atoms with Gasteiger partial charge in [0.15, 0.2) is 0 Å². The molecule has 2 N–H and O–H groups in total. The van der Waals surface area contributed by atoms with Crippen molar-refractivity contribution in [3.05, 3.63) is 31.4 Å². The molecule has 1 aromatic heterocycles. The highest BCUT2D eigenvalue weighted by Gasteiger charge is 2.13. The van der Waals surface area contributed by atoms with Crippen LogP contribution in [-0.4, -0.2) is 0 Å². The summed E-state index contributed by atoms with van der Waals surface area (Å²) in [5.41, 5.74) is 8.44. The van der Waals surface area contributed by atoms with Crippen molar-refractivity contribution >= 4 is 43.2 Å². The Morgan fingerprint density at radius 3 is 2.71 bits per heavy atom. The number of nitrogens with two attached hydrogens (primary N) is 1. The molecule has 0 amide bonds. The molecule has 4 heteroatoms. The summed E-state index contributed by atoms with van der Waals surface area (Å²) >= 11 is 8.61. The van der Waals surface area contributed by atoms with E-state index in [0.29, 0.717) is 0 Å². The number of thiophene rings is 1. The van der Waals surface area contributed by atoms with E-state index in [1.807, 2.05) is 0 Å². The van der Waals surface area contributed by atoms with Crippen LogP contribution in [0.15, 0.2) is 25.8 Å². The number of hydrogen-bond acceptors (Lipinski definition) is 2. The van der Waals surface area contributed by atoms with Crippen molar-refractivity contribution in [2.75, 3.05) is 0 Å². The van der Waals surface area contributed by atoms with Crippen LogP contribution in [0.1, 0.15) is 31.4 Å². The number of halogens is 2. The maximum absolute atomic E-state index is 6.08. The van der Waals surface area contributed by atoms with Gasteiger partial charge in [0.25, 0.3) is 0 Å². The van der Waals surface area contributed by atoms with E-state index in [-0.39, 0.29) is 6.04 Å². The van der Waals surface area contributed by atoms with Gasteiger partial charge < -0.3 is 5.73 Å². The summed E-state index contributed by atoms with van der Waals surface area (Å²) in [6.45, 7) is 6.08. The Labute approximate surface area is 106 Å². The predicted octanol–water partition coefficient (Wildman–Crippen LogP) is 4.63. The van der Waals surface area contributed by atoms with E-state index in [4.69, 9.17) is 5.73 Å². The maximum Gasteiger partial charge on any atom is 0.0758 e. The summed E-state index contributed by atoms with van der Waals surface area (Å²) < 4.78 is 2.22. The van der Waals surface area contributed by atoms with Crippen molar-refractivity contribution in [1.82, 2.24) is 0 Å². The molecule has 0 fully saturated rings. The largest absolute Gasteiger partial charge is 0.324 e. The van der Waals surface area contributed by atoms with Crippen molar-refractivity contribution in [2.45, 2.75) is 25.8 Å². The fraction of sp³-hybridized carbons (Fsp3) is 0.400. The third kappa shape index (κ3) is 3.19. The van der Waals surface area contributed by atoms with Crippen LogP contribution >= 0.6 is 43.2 Å². The Kier molecular flexibility index (Phi) is 4.83. The topological polar surface area (TPSA) is 26.0 Å². The van der Waals surface area contributed by atoms with Gasteiger partial charge in [-0.05, 0) is 56.3 Å². The summed E-state index contributed by atoms with van der Waals surface area (Å²) in [7, 11) is 0. The van der Waals surface area contributed by atoms with Gasteiger partial charge in [0.05, 0.1) is 7.57 Å². The molecule has 0 saturated carbocycles. The van der Waals surface area contributed by atoms with Crippen LogP contribution in [0.5, 0.6) is 0 Å². The summed E-state index contributed by atoms with van der Waals surface area (Å²) in [6, 6.07) is 2.13. The van der Waals surface area contributed by atoms with Gasteiger partial charge in [-0.3, -0.25) is 0 Å². The van der Waals surface area contributed by atoms with Crippen LogP contribution in [0.4, 0.5) is 0 Å². The van der Waals surface area contributed by atoms with E-state index >= 15 is 0 Å². The molecule has 1 nitrogen and oxygen atoms in total. The third-order valence-corrected chi connectivity index (χ3v) is 4.48. The standard InChI is InChI=1S/C10H13Br2NS/c1-3-6(2)4-8(13)7-5-9(11)14-10(7)12/h5,8H,2-4,13H2,1H3. The molecule has 0 bridgehead atoms. The first-order chi connectivity index (χ1) is 6.54. The molecule has 0 radical (unpaired) electrons. The van der Waals surface area contributed by atoms with Crippen LogP contribution in [-0.2, 0) is 0 Å². The molecule has 1 unspecified atom stereocenters. The second-order valence-electron chi connectivity index (χ2n) is 3.19. The van der Waals surface area contributed by atoms with E-state index < -0.39 is 0 Å². The Hall–Kier alpha value is 0.360. The average Bonchev–Trinajstić information content (AvgIpc) is 2.45. The first-order valence-corrected chi connectivity index (χ1v) is 6.81. The lowest BCUT2D eigenvalue weighted by atomic mass is 10.0. The van der Waals surface area contributed by atoms with E-state index in [0.717, 1.165) is 26.0 Å². The molecule has 1 atom stereocenters. The first kappa shape index (κ1) is 12.4. The zero-order valence-electron chi connectivity index (χ0n) is 8.02. The monoisotopic (exact) mass is 337 g/mol. The van der Waals surface area contributed by atoms with Crippen LogP contribution in [0.3, 0.4) is 0 Å². The molecule has 1 aromatic rings. The third-order valence-electron chi connectivity index (χ3n) is 2.09. The molecule has 1 rings (SSSR count). The molecule has 0 saturated heterocycles. The number of hydrogen-bond donors (Lipinski definition) is 1. The Bertz CT molecular complexity index is 333. The Morgan fingerprint density at radius 2 is 2.29 bits per heavy atom. The maximum atomic E-state index is 6.08. The number of rotatable bonds is 4. The van der Waals surface area contributed by atoms with Crippen molar-refractivity contribution in [3.8, 4) is 0 Å². The van der Waals surface area contributed by atoms with Gasteiger partial charge in [0.1, 0.15) is 0 Å². The van der Waals surface area contributed by atoms with Gasteiger partial charge in [-0.25, -0.2) is 0 Å². The zero-order chi connectivity index (χ0) is 10.7. The van der Waals surface area contributed by atoms with E-state index in [9.17, 15) is 0 Å². The Morgan fingerprint density at radius 1 is 1.64 bits per heavy atom. The molecule has 14 heavy (non-hydrogen) atoms. The second-order valence-corrected chi connectivity index (χ2v) is 6.94. The van der Waals surface area contributed by atoms with E-state index in [1.54, 1.807) is 11.3 Å². The summed E-state index contributed by atoms with van der Waals surface area (Å²) in [5.74, 6) is 0. The van der Waals surface area contributed by atoms with Crippen LogP contribution in [0, 0.1) is 0 Å². The Balaban J connectivity index is 2.73. The average molecular weight is 339 g/mol. The lowest BCUT2D eigenvalue weighted by molar-refractivity contribution is 0.701. The molecule has 0 spiro atoms. The van der Waals surface area contributed by atoms with Crippen LogP contribution in [0.2, 0.25) is 0 Å². The quantitative estimate of drug-likeness (QED) is 0.796. The fourth-order valence-corrected chi connectivity index (χ4v) is 4.17. The highest BCUT2D eigenvalue weighted by molar-refractivity contribution is 9.12. The van der Waals surface area contributed by atoms with Gasteiger partial charge >= 0.3 is 0 Å². The highest BCUT2D eigenvalue weighted by atomic mass is 79.9. The van der Waals surface area contributed by atoms with Gasteiger partial charge in [-0.2, -0.15) is 0 Å². The molecule has 0 aliphatic rings. The summed E-state index contributed by atoms with van der Waals surface area (Å²) in [6.07, 6.45) is 1.86. The highest BCUT2D eigenvalue weighted by Crippen LogP contribution is 2.36. The van der Waals surface area contributed by atoms with Gasteiger partial charge in [0, 0.05) is 6.04 Å². The SMILES string of the molecule is C=C(CC)CC(N)c1cc(Br)sc1Br. The fourth-order valence-electron chi connectivity index (χ4n) is 1.17. The molecular weight excluding hydrogens is 326 g/mol. The lowest BCUT2D eigenvalue weighted by Gasteiger charge is -2.11. The minimum absolute atomic E-state index is 0.0550. The smallest absolute Gasteiger partial charge is 0.0758 e. The van der Waals surface area contributed by atoms with Gasteiger partial charge in [-0.1, -0.05) is 19.1 Å². The predicted molar refractivity (Wildman–Crippen MR) is 70.7 cm³/mol. The van der Waals surface area contributed by atoms with Crippen molar-refractivity contribution in [1.29, 1.82) is 0 Å². The van der Waals surface area contributed by atoms with Crippen molar-refractivity contribution in [2.24, 2.45) is 5.73 Å². The van der Waals surface area contributed by atoms with E-state index in [2.05, 4.69) is 51.4 Å².